The fraction of sp³-hybridized carbons (Fsp3) is 0. The van der Waals surface area contributed by atoms with Crippen LogP contribution in [0.1, 0.15) is 0 Å². The van der Waals surface area contributed by atoms with E-state index in [-0.39, 0.29) is 0 Å². The quantitative estimate of drug-likeness (QED) is 0.540. The highest BCUT2D eigenvalue weighted by Crippen LogP contribution is 2.09. The summed E-state index contributed by atoms with van der Waals surface area (Å²) in [5, 5.41) is 7.52. The molecule has 1 aromatic heterocycles. The van der Waals surface area contributed by atoms with Gasteiger partial charge in [-0.15, -0.1) is 10.2 Å². The monoisotopic (exact) mass is 115 g/mol. The Balaban J connectivity index is 2.76. The number of hydrogen-bond donors (Lipinski definition) is 0. The van der Waals surface area contributed by atoms with Crippen molar-refractivity contribution in [1.82, 2.24) is 10.2 Å². The van der Waals surface area contributed by atoms with Gasteiger partial charge in [-0.05, 0) is 0 Å². The maximum Gasteiger partial charge on any atom is 0.293 e. The van der Waals surface area contributed by atoms with Crippen LogP contribution >= 0.6 is 11.3 Å². The molecule has 3 nitrogen and oxygen atoms in total. The summed E-state index contributed by atoms with van der Waals surface area (Å²) < 4.78 is 4.45. The third-order valence-corrected chi connectivity index (χ3v) is 1.06. The maximum atomic E-state index is 4.45. The normalized spacial score (nSPS) is 8.71. The van der Waals surface area contributed by atoms with Crippen molar-refractivity contribution in [2.75, 3.05) is 0 Å². The van der Waals surface area contributed by atoms with E-state index >= 15 is 0 Å². The van der Waals surface area contributed by atoms with E-state index in [0.29, 0.717) is 5.19 Å². The van der Waals surface area contributed by atoms with E-state index in [1.165, 1.54) is 11.3 Å². The minimum Gasteiger partial charge on any atom is -0.465 e. The van der Waals surface area contributed by atoms with Crippen LogP contribution in [0.2, 0.25) is 0 Å². The van der Waals surface area contributed by atoms with Crippen molar-refractivity contribution < 1.29 is 4.74 Å². The van der Waals surface area contributed by atoms with Crippen LogP contribution in [0.4, 0.5) is 0 Å². The van der Waals surface area contributed by atoms with Crippen molar-refractivity contribution in [2.45, 2.75) is 0 Å². The highest BCUT2D eigenvalue weighted by molar-refractivity contribution is 7.11. The van der Waals surface area contributed by atoms with Crippen molar-refractivity contribution >= 4 is 11.3 Å². The first-order valence-electron chi connectivity index (χ1n) is 1.61. The Labute approximate surface area is 45.0 Å². The Morgan fingerprint density at radius 3 is 3.00 bits per heavy atom. The van der Waals surface area contributed by atoms with Gasteiger partial charge in [-0.2, -0.15) is 0 Å². The average molecular weight is 115 g/mol. The second-order valence-corrected chi connectivity index (χ2v) is 1.64. The van der Waals surface area contributed by atoms with Crippen LogP contribution in [-0.2, 0) is 0 Å². The first-order valence-corrected chi connectivity index (χ1v) is 2.49. The molecule has 37 valence electrons. The molecule has 4 heteroatoms. The van der Waals surface area contributed by atoms with Crippen LogP contribution in [0.5, 0.6) is 5.19 Å². The molecule has 1 rings (SSSR count). The molecule has 0 fully saturated rings. The van der Waals surface area contributed by atoms with E-state index in [2.05, 4.69) is 22.0 Å². The zero-order chi connectivity index (χ0) is 5.11. The number of ether oxygens (including phenoxy) is 1. The molecule has 0 spiro atoms. The molecule has 0 N–H and O–H groups in total. The van der Waals surface area contributed by atoms with E-state index in [9.17, 15) is 0 Å². The van der Waals surface area contributed by atoms with Gasteiger partial charge in [0.15, 0.2) is 0 Å². The first kappa shape index (κ1) is 4.52. The van der Waals surface area contributed by atoms with Gasteiger partial charge in [-0.25, -0.2) is 0 Å². The standard InChI is InChI=1S/C3H3N2OS/c1-6-3-5-4-2-7-3/h2H,1H2. The molecule has 1 heterocycles. The predicted molar refractivity (Wildman–Crippen MR) is 25.9 cm³/mol. The predicted octanol–water partition coefficient (Wildman–Crippen LogP) is 0.708. The molecule has 0 saturated carbocycles. The summed E-state index contributed by atoms with van der Waals surface area (Å²) in [6.45, 7) is 0. The Hall–Kier alpha value is -0.640. The summed E-state index contributed by atoms with van der Waals surface area (Å²) in [6, 6.07) is 0. The molecule has 0 unspecified atom stereocenters. The van der Waals surface area contributed by atoms with Crippen molar-refractivity contribution in [3.63, 3.8) is 0 Å². The second-order valence-electron chi connectivity index (χ2n) is 0.849. The van der Waals surface area contributed by atoms with Gasteiger partial charge in [0.1, 0.15) is 12.6 Å². The molecule has 0 aromatic carbocycles. The minimum absolute atomic E-state index is 0.500. The molecule has 1 aromatic rings. The molecule has 0 aliphatic heterocycles. The van der Waals surface area contributed by atoms with Crippen LogP contribution in [-0.4, -0.2) is 10.2 Å². The molecular formula is C3H3N2OS. The smallest absolute Gasteiger partial charge is 0.293 e. The summed E-state index contributed by atoms with van der Waals surface area (Å²) in [5.74, 6) is 0. The Morgan fingerprint density at radius 1 is 1.86 bits per heavy atom. The lowest BCUT2D eigenvalue weighted by molar-refractivity contribution is 0.464. The third kappa shape index (κ3) is 0.866. The van der Waals surface area contributed by atoms with Crippen LogP contribution in [0.15, 0.2) is 5.51 Å². The SMILES string of the molecule is [CH2]Oc1nncs1. The molecule has 0 aliphatic rings. The lowest BCUT2D eigenvalue weighted by Gasteiger charge is -1.81. The largest absolute Gasteiger partial charge is 0.465 e. The second kappa shape index (κ2) is 1.88. The summed E-state index contributed by atoms with van der Waals surface area (Å²) in [4.78, 5) is 0. The van der Waals surface area contributed by atoms with Crippen molar-refractivity contribution in [1.29, 1.82) is 0 Å². The van der Waals surface area contributed by atoms with Gasteiger partial charge in [-0.3, -0.25) is 0 Å². The number of hydrogen-bond acceptors (Lipinski definition) is 4. The minimum atomic E-state index is 0.500. The van der Waals surface area contributed by atoms with Gasteiger partial charge in [-0.1, -0.05) is 11.3 Å². The van der Waals surface area contributed by atoms with E-state index < -0.39 is 0 Å². The van der Waals surface area contributed by atoms with E-state index in [1.54, 1.807) is 5.51 Å². The molecule has 0 atom stereocenters. The Morgan fingerprint density at radius 2 is 2.71 bits per heavy atom. The zero-order valence-corrected chi connectivity index (χ0v) is 4.31. The molecule has 0 amide bonds. The van der Waals surface area contributed by atoms with Crippen LogP contribution in [0.25, 0.3) is 0 Å². The van der Waals surface area contributed by atoms with Crippen molar-refractivity contribution in [3.8, 4) is 5.19 Å². The van der Waals surface area contributed by atoms with Crippen LogP contribution < -0.4 is 4.74 Å². The van der Waals surface area contributed by atoms with E-state index in [4.69, 9.17) is 0 Å². The summed E-state index contributed by atoms with van der Waals surface area (Å²) in [6.07, 6.45) is 0. The topological polar surface area (TPSA) is 35.0 Å². The maximum absolute atomic E-state index is 4.45. The summed E-state index contributed by atoms with van der Waals surface area (Å²) >= 11 is 1.32. The third-order valence-electron chi connectivity index (χ3n) is 0.464. The Kier molecular flexibility index (Phi) is 1.21. The zero-order valence-electron chi connectivity index (χ0n) is 3.50. The number of aromatic nitrogens is 2. The van der Waals surface area contributed by atoms with Gasteiger partial charge >= 0.3 is 0 Å². The molecule has 0 aliphatic carbocycles. The highest BCUT2D eigenvalue weighted by Gasteiger charge is 1.87. The lowest BCUT2D eigenvalue weighted by atomic mass is 11.4. The molecule has 1 radical (unpaired) electrons. The number of rotatable bonds is 1. The van der Waals surface area contributed by atoms with Crippen LogP contribution in [0.3, 0.4) is 0 Å². The fourth-order valence-corrected chi connectivity index (χ4v) is 0.573. The van der Waals surface area contributed by atoms with Crippen molar-refractivity contribution in [2.24, 2.45) is 0 Å². The van der Waals surface area contributed by atoms with Gasteiger partial charge in [0.05, 0.1) is 0 Å². The van der Waals surface area contributed by atoms with Crippen molar-refractivity contribution in [3.05, 3.63) is 12.6 Å². The summed E-state index contributed by atoms with van der Waals surface area (Å²) in [5.41, 5.74) is 1.58. The Bertz CT molecular complexity index is 127. The molecule has 7 heavy (non-hydrogen) atoms. The highest BCUT2D eigenvalue weighted by atomic mass is 32.1. The van der Waals surface area contributed by atoms with Gasteiger partial charge in [0, 0.05) is 0 Å². The molecular weight excluding hydrogens is 112 g/mol. The van der Waals surface area contributed by atoms with Crippen LogP contribution in [0, 0.1) is 7.11 Å². The average Bonchev–Trinajstić information content (AvgIpc) is 2.14. The van der Waals surface area contributed by atoms with Gasteiger partial charge < -0.3 is 4.74 Å². The lowest BCUT2D eigenvalue weighted by Crippen LogP contribution is -1.74. The first-order chi connectivity index (χ1) is 3.43. The van der Waals surface area contributed by atoms with Gasteiger partial charge in [0.25, 0.3) is 5.19 Å². The number of nitrogens with zero attached hydrogens (tertiary/aromatic N) is 2. The fourth-order valence-electron chi connectivity index (χ4n) is 0.226. The molecule has 0 bridgehead atoms. The van der Waals surface area contributed by atoms with E-state index in [0.717, 1.165) is 0 Å². The molecule has 0 saturated heterocycles. The van der Waals surface area contributed by atoms with E-state index in [1.807, 2.05) is 0 Å². The summed E-state index contributed by atoms with van der Waals surface area (Å²) in [7, 11) is 3.14. The van der Waals surface area contributed by atoms with Gasteiger partial charge in [0.2, 0.25) is 0 Å².